The first-order chi connectivity index (χ1) is 24.8. The molecule has 0 aliphatic heterocycles. The highest BCUT2D eigenvalue weighted by Crippen LogP contribution is 2.42. The van der Waals surface area contributed by atoms with E-state index >= 15 is 0 Å². The van der Waals surface area contributed by atoms with Crippen LogP contribution in [0.2, 0.25) is 0 Å². The molecule has 0 aliphatic carbocycles. The number of para-hydroxylation sites is 3. The highest BCUT2D eigenvalue weighted by Gasteiger charge is 2.22. The van der Waals surface area contributed by atoms with Gasteiger partial charge in [-0.05, 0) is 53.9 Å². The van der Waals surface area contributed by atoms with Crippen molar-refractivity contribution in [2.45, 2.75) is 0 Å². The molecule has 0 N–H and O–H groups in total. The first-order valence-electron chi connectivity index (χ1n) is 16.8. The molecule has 0 fully saturated rings. The number of nitrogens with zero attached hydrogens (tertiary/aromatic N) is 2. The van der Waals surface area contributed by atoms with E-state index in [1.807, 2.05) is 42.5 Å². The van der Waals surface area contributed by atoms with Crippen LogP contribution in [-0.2, 0) is 0 Å². The first-order valence-corrected chi connectivity index (χ1v) is 16.8. The van der Waals surface area contributed by atoms with Crippen LogP contribution in [0.1, 0.15) is 0 Å². The van der Waals surface area contributed by atoms with Crippen LogP contribution in [0.3, 0.4) is 0 Å². The fourth-order valence-electron chi connectivity index (χ4n) is 8.13. The second kappa shape index (κ2) is 9.40. The molecule has 0 saturated carbocycles. The van der Waals surface area contributed by atoms with Crippen LogP contribution in [0.4, 0.5) is 0 Å². The van der Waals surface area contributed by atoms with Crippen molar-refractivity contribution in [3.05, 3.63) is 146 Å². The third-order valence-corrected chi connectivity index (χ3v) is 10.4. The van der Waals surface area contributed by atoms with E-state index in [1.54, 1.807) is 0 Å². The molecule has 5 aromatic heterocycles. The Morgan fingerprint density at radius 3 is 1.88 bits per heavy atom. The Balaban J connectivity index is 1.19. The van der Waals surface area contributed by atoms with Crippen molar-refractivity contribution in [1.29, 1.82) is 0 Å². The Kier molecular flexibility index (Phi) is 4.91. The minimum atomic E-state index is 0.760. The molecular weight excluding hydrogens is 617 g/mol. The van der Waals surface area contributed by atoms with Crippen molar-refractivity contribution in [2.24, 2.45) is 0 Å². The van der Waals surface area contributed by atoms with Crippen LogP contribution in [0.25, 0.3) is 115 Å². The molecule has 12 aromatic rings. The minimum absolute atomic E-state index is 0.760. The van der Waals surface area contributed by atoms with Gasteiger partial charge in [-0.25, -0.2) is 4.98 Å². The lowest BCUT2D eigenvalue weighted by molar-refractivity contribution is 0.656. The molecular formula is C45H24N2O3. The molecule has 0 bridgehead atoms. The van der Waals surface area contributed by atoms with Gasteiger partial charge in [0.1, 0.15) is 39.4 Å². The number of rotatable bonds is 2. The smallest absolute Gasteiger partial charge is 0.161 e. The lowest BCUT2D eigenvalue weighted by Gasteiger charge is -2.12. The standard InChI is InChI=1S/C45H24N2O3/c1-2-10-27-25(9-1)17-19-31-28-11-3-6-14-36(28)47(44(27)31)42-23-35-30-13-5-8-16-38(30)50-45(35)43(46-42)26-18-20-39-32(21-26)34-22-33-29-12-4-7-15-37(29)48-40(33)24-41(34)49-39/h1-24H. The zero-order valence-electron chi connectivity index (χ0n) is 26.5. The normalized spacial score (nSPS) is 12.4. The van der Waals surface area contributed by atoms with E-state index in [1.165, 1.54) is 21.5 Å². The number of pyridine rings is 1. The van der Waals surface area contributed by atoms with E-state index in [9.17, 15) is 0 Å². The maximum Gasteiger partial charge on any atom is 0.161 e. The van der Waals surface area contributed by atoms with E-state index in [0.29, 0.717) is 0 Å². The zero-order valence-corrected chi connectivity index (χ0v) is 26.5. The number of benzene rings is 7. The van der Waals surface area contributed by atoms with Gasteiger partial charge in [0.2, 0.25) is 0 Å². The predicted molar refractivity (Wildman–Crippen MR) is 203 cm³/mol. The van der Waals surface area contributed by atoms with Crippen LogP contribution >= 0.6 is 0 Å². The van der Waals surface area contributed by atoms with E-state index in [2.05, 4.69) is 108 Å². The Bertz CT molecular complexity index is 3390. The summed E-state index contributed by atoms with van der Waals surface area (Å²) in [6.45, 7) is 0. The molecule has 0 atom stereocenters. The molecule has 5 heteroatoms. The zero-order chi connectivity index (χ0) is 32.5. The molecule has 0 unspecified atom stereocenters. The Labute approximate surface area is 283 Å². The largest absolute Gasteiger partial charge is 0.456 e. The SMILES string of the molecule is c1ccc2c(c1)ccc1c3ccccc3n(-c3cc4c(oc5ccccc54)c(-c4ccc5oc6cc7oc8ccccc8c7cc6c5c4)n3)c21. The summed E-state index contributed by atoms with van der Waals surface area (Å²) in [5, 5.41) is 11.1. The molecule has 12 rings (SSSR count). The second-order valence-electron chi connectivity index (χ2n) is 13.1. The van der Waals surface area contributed by atoms with Gasteiger partial charge in [-0.2, -0.15) is 0 Å². The summed E-state index contributed by atoms with van der Waals surface area (Å²) in [6.07, 6.45) is 0. The Hall–Kier alpha value is -6.85. The topological polar surface area (TPSA) is 57.2 Å². The van der Waals surface area contributed by atoms with Gasteiger partial charge in [0.05, 0.1) is 11.0 Å². The molecule has 50 heavy (non-hydrogen) atoms. The molecule has 0 saturated heterocycles. The average molecular weight is 641 g/mol. The number of aromatic nitrogens is 2. The molecule has 0 spiro atoms. The van der Waals surface area contributed by atoms with E-state index in [-0.39, 0.29) is 0 Å². The highest BCUT2D eigenvalue weighted by molar-refractivity contribution is 6.20. The molecule has 5 nitrogen and oxygen atoms in total. The van der Waals surface area contributed by atoms with Gasteiger partial charge in [0.25, 0.3) is 0 Å². The second-order valence-corrected chi connectivity index (χ2v) is 13.1. The maximum absolute atomic E-state index is 6.62. The lowest BCUT2D eigenvalue weighted by atomic mass is 10.0. The van der Waals surface area contributed by atoms with Crippen LogP contribution in [0.15, 0.2) is 159 Å². The number of hydrogen-bond donors (Lipinski definition) is 0. The van der Waals surface area contributed by atoms with Crippen LogP contribution in [0.5, 0.6) is 0 Å². The van der Waals surface area contributed by atoms with Crippen LogP contribution in [-0.4, -0.2) is 9.55 Å². The minimum Gasteiger partial charge on any atom is -0.456 e. The van der Waals surface area contributed by atoms with Crippen molar-refractivity contribution in [2.75, 3.05) is 0 Å². The highest BCUT2D eigenvalue weighted by atomic mass is 16.3. The molecule has 0 amide bonds. The van der Waals surface area contributed by atoms with Crippen molar-refractivity contribution in [3.63, 3.8) is 0 Å². The lowest BCUT2D eigenvalue weighted by Crippen LogP contribution is -1.99. The maximum atomic E-state index is 6.62. The third kappa shape index (κ3) is 3.43. The van der Waals surface area contributed by atoms with Gasteiger partial charge in [-0.1, -0.05) is 91.0 Å². The van der Waals surface area contributed by atoms with Crippen molar-refractivity contribution in [3.8, 4) is 17.1 Å². The van der Waals surface area contributed by atoms with Gasteiger partial charge in [0.15, 0.2) is 5.58 Å². The van der Waals surface area contributed by atoms with Gasteiger partial charge >= 0.3 is 0 Å². The van der Waals surface area contributed by atoms with E-state index in [4.69, 9.17) is 18.2 Å². The van der Waals surface area contributed by atoms with Crippen molar-refractivity contribution >= 4 is 98.4 Å². The summed E-state index contributed by atoms with van der Waals surface area (Å²) in [4.78, 5) is 5.49. The average Bonchev–Trinajstić information content (AvgIpc) is 3.92. The van der Waals surface area contributed by atoms with Gasteiger partial charge < -0.3 is 13.3 Å². The molecule has 0 aliphatic rings. The van der Waals surface area contributed by atoms with Crippen molar-refractivity contribution in [1.82, 2.24) is 9.55 Å². The molecule has 232 valence electrons. The summed E-state index contributed by atoms with van der Waals surface area (Å²) < 4.78 is 21.5. The summed E-state index contributed by atoms with van der Waals surface area (Å²) in [6, 6.07) is 50.7. The van der Waals surface area contributed by atoms with Crippen LogP contribution in [0, 0.1) is 0 Å². The van der Waals surface area contributed by atoms with Gasteiger partial charge in [-0.3, -0.25) is 4.57 Å². The Morgan fingerprint density at radius 2 is 1.04 bits per heavy atom. The number of fused-ring (bicyclic) bond motifs is 14. The number of furan rings is 3. The Morgan fingerprint density at radius 1 is 0.400 bits per heavy atom. The fourth-order valence-corrected chi connectivity index (χ4v) is 8.13. The van der Waals surface area contributed by atoms with Gasteiger partial charge in [0, 0.05) is 60.1 Å². The predicted octanol–water partition coefficient (Wildman–Crippen LogP) is 12.7. The summed E-state index contributed by atoms with van der Waals surface area (Å²) in [5.74, 6) is 0.838. The van der Waals surface area contributed by atoms with E-state index < -0.39 is 0 Å². The van der Waals surface area contributed by atoms with E-state index in [0.717, 1.165) is 93.9 Å². The summed E-state index contributed by atoms with van der Waals surface area (Å²) in [7, 11) is 0. The molecule has 7 aromatic carbocycles. The first kappa shape index (κ1) is 26.1. The monoisotopic (exact) mass is 640 g/mol. The molecule has 5 heterocycles. The number of hydrogen-bond acceptors (Lipinski definition) is 4. The summed E-state index contributed by atoms with van der Waals surface area (Å²) in [5.41, 5.74) is 8.86. The quantitative estimate of drug-likeness (QED) is 0.189. The fraction of sp³-hybridized carbons (Fsp3) is 0. The molecule has 0 radical (unpaired) electrons. The van der Waals surface area contributed by atoms with Gasteiger partial charge in [-0.15, -0.1) is 0 Å². The summed E-state index contributed by atoms with van der Waals surface area (Å²) >= 11 is 0. The van der Waals surface area contributed by atoms with Crippen molar-refractivity contribution < 1.29 is 13.3 Å². The van der Waals surface area contributed by atoms with Crippen LogP contribution < -0.4 is 0 Å². The third-order valence-electron chi connectivity index (χ3n) is 10.4.